The highest BCUT2D eigenvalue weighted by atomic mass is 16.4. The highest BCUT2D eigenvalue weighted by Crippen LogP contribution is 2.32. The average Bonchev–Trinajstić information content (AvgIpc) is 2.26. The lowest BCUT2D eigenvalue weighted by atomic mass is 9.75. The van der Waals surface area contributed by atoms with E-state index in [4.69, 9.17) is 10.2 Å². The van der Waals surface area contributed by atoms with Crippen molar-refractivity contribution in [2.75, 3.05) is 0 Å². The molecule has 0 saturated carbocycles. The van der Waals surface area contributed by atoms with Crippen LogP contribution in [0, 0.1) is 11.3 Å². The second-order valence-electron chi connectivity index (χ2n) is 4.92. The fourth-order valence-corrected chi connectivity index (χ4v) is 1.86. The molecule has 0 fully saturated rings. The highest BCUT2D eigenvalue weighted by Gasteiger charge is 2.46. The number of carboxylic acids is 2. The Bertz CT molecular complexity index is 246. The molecule has 0 saturated heterocycles. The first-order valence-corrected chi connectivity index (χ1v) is 6.34. The molecule has 0 bridgehead atoms. The summed E-state index contributed by atoms with van der Waals surface area (Å²) < 4.78 is 0. The molecule has 0 heterocycles. The van der Waals surface area contributed by atoms with E-state index in [2.05, 4.69) is 6.92 Å². The van der Waals surface area contributed by atoms with Crippen molar-refractivity contribution in [3.63, 3.8) is 0 Å². The molecule has 0 aliphatic rings. The summed E-state index contributed by atoms with van der Waals surface area (Å²) in [4.78, 5) is 22.1. The van der Waals surface area contributed by atoms with Crippen molar-refractivity contribution in [2.24, 2.45) is 11.3 Å². The molecule has 0 amide bonds. The fourth-order valence-electron chi connectivity index (χ4n) is 1.86. The van der Waals surface area contributed by atoms with Gasteiger partial charge in [-0.1, -0.05) is 46.0 Å². The van der Waals surface area contributed by atoms with Crippen LogP contribution in [0.3, 0.4) is 0 Å². The molecule has 100 valence electrons. The molecule has 0 aliphatic heterocycles. The number of carbonyl (C=O) groups is 2. The normalized spacial score (nSPS) is 13.4. The molecule has 0 aliphatic carbocycles. The Morgan fingerprint density at radius 1 is 1.06 bits per heavy atom. The van der Waals surface area contributed by atoms with Gasteiger partial charge in [0.25, 0.3) is 0 Å². The van der Waals surface area contributed by atoms with Gasteiger partial charge in [-0.3, -0.25) is 9.59 Å². The lowest BCUT2D eigenvalue weighted by molar-refractivity contribution is -0.167. The second kappa shape index (κ2) is 7.30. The van der Waals surface area contributed by atoms with Gasteiger partial charge in [-0.05, 0) is 19.3 Å². The average molecular weight is 244 g/mol. The molecule has 4 nitrogen and oxygen atoms in total. The van der Waals surface area contributed by atoms with Gasteiger partial charge in [0.2, 0.25) is 0 Å². The second-order valence-corrected chi connectivity index (χ2v) is 4.92. The van der Waals surface area contributed by atoms with Gasteiger partial charge in [-0.25, -0.2) is 0 Å². The monoisotopic (exact) mass is 244 g/mol. The van der Waals surface area contributed by atoms with Crippen molar-refractivity contribution in [1.29, 1.82) is 0 Å². The van der Waals surface area contributed by atoms with E-state index in [9.17, 15) is 9.59 Å². The summed E-state index contributed by atoms with van der Waals surface area (Å²) in [5.41, 5.74) is -1.66. The Labute approximate surface area is 103 Å². The first-order valence-electron chi connectivity index (χ1n) is 6.34. The standard InChI is InChI=1S/C13H24O4/c1-4-5-6-7-8-9-10(2)13(3,11(14)15)12(16)17/h10H,4-9H2,1-3H3,(H,14,15)(H,16,17). The Morgan fingerprint density at radius 3 is 1.94 bits per heavy atom. The van der Waals surface area contributed by atoms with E-state index < -0.39 is 17.4 Å². The molecular formula is C13H24O4. The van der Waals surface area contributed by atoms with Crippen LogP contribution in [0.25, 0.3) is 0 Å². The quantitative estimate of drug-likeness (QED) is 0.482. The summed E-state index contributed by atoms with van der Waals surface area (Å²) in [5.74, 6) is -2.84. The summed E-state index contributed by atoms with van der Waals surface area (Å²) in [6.45, 7) is 5.14. The molecule has 1 unspecified atom stereocenters. The summed E-state index contributed by atoms with van der Waals surface area (Å²) in [6.07, 6.45) is 6.09. The molecule has 0 radical (unpaired) electrons. The SMILES string of the molecule is CCCCCCCC(C)C(C)(C(=O)O)C(=O)O. The zero-order chi connectivity index (χ0) is 13.5. The van der Waals surface area contributed by atoms with Crippen LogP contribution in [-0.2, 0) is 9.59 Å². The largest absolute Gasteiger partial charge is 0.480 e. The van der Waals surface area contributed by atoms with Crippen molar-refractivity contribution in [2.45, 2.75) is 59.3 Å². The number of unbranched alkanes of at least 4 members (excludes halogenated alkanes) is 4. The van der Waals surface area contributed by atoms with Gasteiger partial charge in [0, 0.05) is 0 Å². The van der Waals surface area contributed by atoms with Crippen LogP contribution in [0.1, 0.15) is 59.3 Å². The Hall–Kier alpha value is -1.06. The molecule has 0 rings (SSSR count). The zero-order valence-corrected chi connectivity index (χ0v) is 11.0. The summed E-state index contributed by atoms with van der Waals surface area (Å²) >= 11 is 0. The molecule has 17 heavy (non-hydrogen) atoms. The van der Waals surface area contributed by atoms with E-state index in [1.165, 1.54) is 13.3 Å². The van der Waals surface area contributed by atoms with Crippen LogP contribution >= 0.6 is 0 Å². The van der Waals surface area contributed by atoms with Gasteiger partial charge in [0.05, 0.1) is 0 Å². The molecule has 4 heteroatoms. The van der Waals surface area contributed by atoms with Crippen LogP contribution in [0.5, 0.6) is 0 Å². The van der Waals surface area contributed by atoms with Crippen LogP contribution in [0.4, 0.5) is 0 Å². The van der Waals surface area contributed by atoms with E-state index in [0.29, 0.717) is 6.42 Å². The fraction of sp³-hybridized carbons (Fsp3) is 0.846. The topological polar surface area (TPSA) is 74.6 Å². The maximum atomic E-state index is 11.1. The molecular weight excluding hydrogens is 220 g/mol. The van der Waals surface area contributed by atoms with Crippen LogP contribution < -0.4 is 0 Å². The Kier molecular flexibility index (Phi) is 6.85. The third-order valence-corrected chi connectivity index (χ3v) is 3.61. The molecule has 0 aromatic heterocycles. The van der Waals surface area contributed by atoms with Gasteiger partial charge in [-0.2, -0.15) is 0 Å². The van der Waals surface area contributed by atoms with E-state index in [-0.39, 0.29) is 5.92 Å². The Balaban J connectivity index is 4.22. The van der Waals surface area contributed by atoms with Crippen molar-refractivity contribution >= 4 is 11.9 Å². The minimum Gasteiger partial charge on any atom is -0.480 e. The van der Waals surface area contributed by atoms with E-state index >= 15 is 0 Å². The predicted molar refractivity (Wildman–Crippen MR) is 65.9 cm³/mol. The van der Waals surface area contributed by atoms with Gasteiger partial charge < -0.3 is 10.2 Å². The molecule has 2 N–H and O–H groups in total. The van der Waals surface area contributed by atoms with Gasteiger partial charge in [0.1, 0.15) is 0 Å². The first kappa shape index (κ1) is 15.9. The van der Waals surface area contributed by atoms with Gasteiger partial charge in [-0.15, -0.1) is 0 Å². The number of hydrogen-bond donors (Lipinski definition) is 2. The minimum absolute atomic E-state index is 0.348. The smallest absolute Gasteiger partial charge is 0.321 e. The Morgan fingerprint density at radius 2 is 1.53 bits per heavy atom. The predicted octanol–water partition coefficient (Wildman–Crippen LogP) is 3.16. The number of carboxylic acid groups (broad SMARTS) is 2. The maximum Gasteiger partial charge on any atom is 0.321 e. The van der Waals surface area contributed by atoms with Gasteiger partial charge in [0.15, 0.2) is 5.41 Å². The van der Waals surface area contributed by atoms with Crippen molar-refractivity contribution < 1.29 is 19.8 Å². The van der Waals surface area contributed by atoms with Crippen molar-refractivity contribution in [1.82, 2.24) is 0 Å². The molecule has 0 aromatic carbocycles. The van der Waals surface area contributed by atoms with E-state index in [1.807, 2.05) is 0 Å². The maximum absolute atomic E-state index is 11.1. The van der Waals surface area contributed by atoms with Crippen LogP contribution in [-0.4, -0.2) is 22.2 Å². The minimum atomic E-state index is -1.66. The van der Waals surface area contributed by atoms with Crippen molar-refractivity contribution in [3.8, 4) is 0 Å². The van der Waals surface area contributed by atoms with E-state index in [1.54, 1.807) is 6.92 Å². The third kappa shape index (κ3) is 4.36. The summed E-state index contributed by atoms with van der Waals surface area (Å²) in [7, 11) is 0. The number of aliphatic carboxylic acids is 2. The molecule has 0 spiro atoms. The van der Waals surface area contributed by atoms with Crippen LogP contribution in [0.2, 0.25) is 0 Å². The molecule has 1 atom stereocenters. The molecule has 0 aromatic rings. The number of hydrogen-bond acceptors (Lipinski definition) is 2. The number of rotatable bonds is 9. The first-order chi connectivity index (χ1) is 7.87. The highest BCUT2D eigenvalue weighted by molar-refractivity contribution is 5.98. The zero-order valence-electron chi connectivity index (χ0n) is 11.0. The lowest BCUT2D eigenvalue weighted by Crippen LogP contribution is -2.42. The van der Waals surface area contributed by atoms with Crippen LogP contribution in [0.15, 0.2) is 0 Å². The summed E-state index contributed by atoms with van der Waals surface area (Å²) in [6, 6.07) is 0. The van der Waals surface area contributed by atoms with E-state index in [0.717, 1.165) is 25.7 Å². The lowest BCUT2D eigenvalue weighted by Gasteiger charge is -2.27. The summed E-state index contributed by atoms with van der Waals surface area (Å²) in [5, 5.41) is 18.1. The third-order valence-electron chi connectivity index (χ3n) is 3.61. The van der Waals surface area contributed by atoms with Crippen molar-refractivity contribution in [3.05, 3.63) is 0 Å². The van der Waals surface area contributed by atoms with Gasteiger partial charge >= 0.3 is 11.9 Å².